The molecule has 0 heterocycles. The fourth-order valence-electron chi connectivity index (χ4n) is 1.55. The normalized spacial score (nSPS) is 10.4. The van der Waals surface area contributed by atoms with E-state index in [-0.39, 0.29) is 12.3 Å². The van der Waals surface area contributed by atoms with Crippen LogP contribution in [0.25, 0.3) is 0 Å². The number of unbranched alkanes of at least 4 members (excludes halogenated alkanes) is 3. The molecule has 1 rings (SSSR count). The van der Waals surface area contributed by atoms with E-state index in [0.29, 0.717) is 6.42 Å². The molecule has 3 nitrogen and oxygen atoms in total. The molecule has 0 N–H and O–H groups in total. The lowest BCUT2D eigenvalue weighted by Crippen LogP contribution is -2.27. The van der Waals surface area contributed by atoms with Crippen LogP contribution in [-0.4, -0.2) is 19.7 Å². The maximum Gasteiger partial charge on any atom is 0.414 e. The predicted molar refractivity (Wildman–Crippen MR) is 69.9 cm³/mol. The van der Waals surface area contributed by atoms with Crippen molar-refractivity contribution in [2.75, 3.05) is 18.6 Å². The lowest BCUT2D eigenvalue weighted by molar-refractivity contribution is 0.152. The molecule has 0 atom stereocenters. The first-order valence-electron chi connectivity index (χ1n) is 6.31. The second-order valence-electron chi connectivity index (χ2n) is 4.31. The van der Waals surface area contributed by atoms with Crippen LogP contribution in [-0.2, 0) is 4.74 Å². The Bertz CT molecular complexity index is 443. The predicted octanol–water partition coefficient (Wildman–Crippen LogP) is 4.07. The zero-order valence-corrected chi connectivity index (χ0v) is 11.3. The number of hydrogen-bond donors (Lipinski definition) is 0. The highest BCUT2D eigenvalue weighted by molar-refractivity contribution is 5.86. The van der Waals surface area contributed by atoms with E-state index in [0.717, 1.165) is 36.3 Å². The standard InChI is InChI=1S/C14H17F3NO2/c1-3-4-5-6-7-20-14(19)18(2)10-8-11(15)13(17)12(16)9-10/h8-9H,1,3-7H2,2H3. The van der Waals surface area contributed by atoms with E-state index in [1.54, 1.807) is 0 Å². The number of halogens is 3. The Morgan fingerprint density at radius 3 is 2.35 bits per heavy atom. The second-order valence-corrected chi connectivity index (χ2v) is 4.31. The number of nitrogens with zero attached hydrogens (tertiary/aromatic N) is 1. The third kappa shape index (κ3) is 4.43. The minimum atomic E-state index is -1.57. The van der Waals surface area contributed by atoms with Gasteiger partial charge in [-0.05, 0) is 6.42 Å². The van der Waals surface area contributed by atoms with Crippen LogP contribution in [0.4, 0.5) is 23.7 Å². The van der Waals surface area contributed by atoms with E-state index in [1.165, 1.54) is 7.05 Å². The van der Waals surface area contributed by atoms with Crippen molar-refractivity contribution in [2.45, 2.75) is 25.7 Å². The minimum absolute atomic E-state index is 0.107. The maximum atomic E-state index is 13.1. The fraction of sp³-hybridized carbons (Fsp3) is 0.429. The summed E-state index contributed by atoms with van der Waals surface area (Å²) in [5, 5.41) is 0. The lowest BCUT2D eigenvalue weighted by atomic mass is 10.2. The number of rotatable bonds is 6. The Labute approximate surface area is 116 Å². The molecule has 0 aliphatic carbocycles. The van der Waals surface area contributed by atoms with Crippen molar-refractivity contribution in [3.05, 3.63) is 36.5 Å². The van der Waals surface area contributed by atoms with Gasteiger partial charge in [0.1, 0.15) is 0 Å². The van der Waals surface area contributed by atoms with Crippen molar-refractivity contribution in [3.8, 4) is 0 Å². The molecule has 0 spiro atoms. The summed E-state index contributed by atoms with van der Waals surface area (Å²) < 4.78 is 43.9. The van der Waals surface area contributed by atoms with Crippen molar-refractivity contribution in [1.29, 1.82) is 0 Å². The Morgan fingerprint density at radius 1 is 1.20 bits per heavy atom. The molecule has 0 fully saturated rings. The fourth-order valence-corrected chi connectivity index (χ4v) is 1.55. The molecule has 0 aromatic heterocycles. The minimum Gasteiger partial charge on any atom is -0.449 e. The molecule has 1 aromatic rings. The van der Waals surface area contributed by atoms with E-state index in [2.05, 4.69) is 6.92 Å². The number of amides is 1. The van der Waals surface area contributed by atoms with Gasteiger partial charge in [-0.15, -0.1) is 0 Å². The molecule has 20 heavy (non-hydrogen) atoms. The Hall–Kier alpha value is -1.72. The number of carbonyl (C=O) groups excluding carboxylic acids is 1. The number of benzene rings is 1. The van der Waals surface area contributed by atoms with Gasteiger partial charge >= 0.3 is 6.09 Å². The van der Waals surface area contributed by atoms with Gasteiger partial charge in [-0.1, -0.05) is 26.2 Å². The Morgan fingerprint density at radius 2 is 1.80 bits per heavy atom. The first-order chi connectivity index (χ1) is 9.47. The molecule has 1 radical (unpaired) electrons. The highest BCUT2D eigenvalue weighted by atomic mass is 19.2. The van der Waals surface area contributed by atoms with Gasteiger partial charge in [0.15, 0.2) is 17.5 Å². The molecule has 6 heteroatoms. The SMILES string of the molecule is [CH2]CCCCCOC(=O)N(C)c1cc(F)c(F)c(F)c1. The van der Waals surface area contributed by atoms with Crippen LogP contribution < -0.4 is 4.90 Å². The average molecular weight is 288 g/mol. The summed E-state index contributed by atoms with van der Waals surface area (Å²) in [6.45, 7) is 3.91. The van der Waals surface area contributed by atoms with Crippen LogP contribution in [0.15, 0.2) is 12.1 Å². The van der Waals surface area contributed by atoms with Gasteiger partial charge < -0.3 is 4.74 Å². The molecule has 0 bridgehead atoms. The summed E-state index contributed by atoms with van der Waals surface area (Å²) >= 11 is 0. The van der Waals surface area contributed by atoms with Crippen molar-refractivity contribution >= 4 is 11.8 Å². The maximum absolute atomic E-state index is 13.1. The topological polar surface area (TPSA) is 29.5 Å². The smallest absolute Gasteiger partial charge is 0.414 e. The molecular weight excluding hydrogens is 271 g/mol. The zero-order chi connectivity index (χ0) is 15.1. The number of hydrogen-bond acceptors (Lipinski definition) is 2. The molecule has 1 aromatic carbocycles. The van der Waals surface area contributed by atoms with Gasteiger partial charge in [-0.3, -0.25) is 4.90 Å². The summed E-state index contributed by atoms with van der Waals surface area (Å²) in [5.74, 6) is -4.27. The van der Waals surface area contributed by atoms with Crippen LogP contribution in [0.1, 0.15) is 25.7 Å². The van der Waals surface area contributed by atoms with Crippen LogP contribution in [0, 0.1) is 24.4 Å². The summed E-state index contributed by atoms with van der Waals surface area (Å²) in [6.07, 6.45) is 2.61. The molecule has 111 valence electrons. The third-order valence-electron chi connectivity index (χ3n) is 2.75. The molecular formula is C14H17F3NO2. The molecule has 0 saturated heterocycles. The van der Waals surface area contributed by atoms with Gasteiger partial charge in [0, 0.05) is 19.2 Å². The van der Waals surface area contributed by atoms with Gasteiger partial charge in [0.25, 0.3) is 0 Å². The Kier molecular flexibility index (Phi) is 6.35. The van der Waals surface area contributed by atoms with Crippen molar-refractivity contribution in [3.63, 3.8) is 0 Å². The first kappa shape index (κ1) is 16.3. The van der Waals surface area contributed by atoms with E-state index in [1.807, 2.05) is 0 Å². The number of anilines is 1. The first-order valence-corrected chi connectivity index (χ1v) is 6.31. The molecule has 1 amide bonds. The van der Waals surface area contributed by atoms with Crippen LogP contribution in [0.2, 0.25) is 0 Å². The monoisotopic (exact) mass is 288 g/mol. The van der Waals surface area contributed by atoms with E-state index >= 15 is 0 Å². The van der Waals surface area contributed by atoms with Crippen LogP contribution >= 0.6 is 0 Å². The number of carbonyl (C=O) groups is 1. The highest BCUT2D eigenvalue weighted by Gasteiger charge is 2.17. The number of ether oxygens (including phenoxy) is 1. The molecule has 0 aliphatic heterocycles. The van der Waals surface area contributed by atoms with Gasteiger partial charge in [-0.2, -0.15) is 0 Å². The van der Waals surface area contributed by atoms with Gasteiger partial charge in [-0.25, -0.2) is 18.0 Å². The molecule has 0 saturated carbocycles. The molecule has 0 unspecified atom stereocenters. The van der Waals surface area contributed by atoms with Crippen LogP contribution in [0.5, 0.6) is 0 Å². The second kappa shape index (κ2) is 7.77. The van der Waals surface area contributed by atoms with E-state index in [9.17, 15) is 18.0 Å². The van der Waals surface area contributed by atoms with Gasteiger partial charge in [0.2, 0.25) is 0 Å². The third-order valence-corrected chi connectivity index (χ3v) is 2.75. The lowest BCUT2D eigenvalue weighted by Gasteiger charge is -2.17. The zero-order valence-electron chi connectivity index (χ0n) is 11.3. The summed E-state index contributed by atoms with van der Waals surface area (Å²) in [5.41, 5.74) is -0.107. The largest absolute Gasteiger partial charge is 0.449 e. The van der Waals surface area contributed by atoms with Crippen molar-refractivity contribution < 1.29 is 22.7 Å². The quantitative estimate of drug-likeness (QED) is 0.583. The average Bonchev–Trinajstić information content (AvgIpc) is 2.43. The summed E-state index contributed by atoms with van der Waals surface area (Å²) in [4.78, 5) is 12.6. The van der Waals surface area contributed by atoms with Crippen molar-refractivity contribution in [2.24, 2.45) is 0 Å². The highest BCUT2D eigenvalue weighted by Crippen LogP contribution is 2.20. The van der Waals surface area contributed by atoms with Crippen molar-refractivity contribution in [1.82, 2.24) is 0 Å². The van der Waals surface area contributed by atoms with Gasteiger partial charge in [0.05, 0.1) is 12.3 Å². The van der Waals surface area contributed by atoms with E-state index in [4.69, 9.17) is 4.74 Å². The van der Waals surface area contributed by atoms with Crippen LogP contribution in [0.3, 0.4) is 0 Å². The summed E-state index contributed by atoms with van der Waals surface area (Å²) in [7, 11) is 1.30. The molecule has 0 aliphatic rings. The van der Waals surface area contributed by atoms with E-state index < -0.39 is 23.5 Å². The summed E-state index contributed by atoms with van der Waals surface area (Å²) in [6, 6.07) is 1.48. The Balaban J connectivity index is 2.56.